The minimum absolute atomic E-state index is 0.114. The molecule has 0 aliphatic heterocycles. The highest BCUT2D eigenvalue weighted by Gasteiger charge is 2.33. The van der Waals surface area contributed by atoms with E-state index in [9.17, 15) is 4.79 Å². The van der Waals surface area contributed by atoms with Gasteiger partial charge in [-0.05, 0) is 51.7 Å². The molecule has 3 heteroatoms. The summed E-state index contributed by atoms with van der Waals surface area (Å²) in [5.74, 6) is 0.808. The molecule has 1 atom stereocenters. The predicted molar refractivity (Wildman–Crippen MR) is 79.5 cm³/mol. The predicted octanol–water partition coefficient (Wildman–Crippen LogP) is 3.38. The molecule has 1 aliphatic rings. The van der Waals surface area contributed by atoms with E-state index in [4.69, 9.17) is 0 Å². The van der Waals surface area contributed by atoms with Crippen molar-refractivity contribution in [3.05, 3.63) is 29.8 Å². The van der Waals surface area contributed by atoms with Crippen LogP contribution in [0.25, 0.3) is 0 Å². The van der Waals surface area contributed by atoms with E-state index >= 15 is 0 Å². The Kier molecular flexibility index (Phi) is 4.13. The largest absolute Gasteiger partial charge is 0.382 e. The van der Waals surface area contributed by atoms with E-state index in [1.165, 1.54) is 12.8 Å². The highest BCUT2D eigenvalue weighted by molar-refractivity contribution is 5.99. The normalized spacial score (nSPS) is 16.3. The summed E-state index contributed by atoms with van der Waals surface area (Å²) in [6, 6.07) is 8.42. The van der Waals surface area contributed by atoms with Crippen molar-refractivity contribution < 1.29 is 4.79 Å². The molecule has 1 aromatic rings. The molecular formula is C16H24N2O. The third-order valence-corrected chi connectivity index (χ3v) is 3.84. The van der Waals surface area contributed by atoms with Gasteiger partial charge in [0.2, 0.25) is 0 Å². The molecule has 104 valence electrons. The molecule has 1 saturated carbocycles. The third-order valence-electron chi connectivity index (χ3n) is 3.84. The number of anilines is 1. The Hall–Kier alpha value is -1.51. The standard InChI is InChI=1S/C16H24N2O/c1-11(2)17-15-8-6-5-7-14(15)16(19)18(4)12(3)13-9-10-13/h5-8,11-13,17H,9-10H2,1-4H3. The van der Waals surface area contributed by atoms with Crippen molar-refractivity contribution in [3.8, 4) is 0 Å². The Morgan fingerprint density at radius 2 is 1.89 bits per heavy atom. The first-order valence-electron chi connectivity index (χ1n) is 7.13. The molecule has 1 fully saturated rings. The quantitative estimate of drug-likeness (QED) is 0.880. The van der Waals surface area contributed by atoms with Gasteiger partial charge in [0.15, 0.2) is 0 Å². The van der Waals surface area contributed by atoms with Crippen LogP contribution in [-0.2, 0) is 0 Å². The molecule has 0 heterocycles. The molecule has 1 amide bonds. The van der Waals surface area contributed by atoms with Crippen molar-refractivity contribution in [2.24, 2.45) is 5.92 Å². The molecule has 2 rings (SSSR count). The summed E-state index contributed by atoms with van der Waals surface area (Å²) in [6.07, 6.45) is 2.51. The second-order valence-electron chi connectivity index (χ2n) is 5.84. The summed E-state index contributed by atoms with van der Waals surface area (Å²) in [7, 11) is 1.91. The van der Waals surface area contributed by atoms with Gasteiger partial charge < -0.3 is 10.2 Å². The smallest absolute Gasteiger partial charge is 0.255 e. The zero-order chi connectivity index (χ0) is 14.0. The van der Waals surface area contributed by atoms with Crippen molar-refractivity contribution in [1.29, 1.82) is 0 Å². The zero-order valence-electron chi connectivity index (χ0n) is 12.3. The maximum atomic E-state index is 12.6. The maximum absolute atomic E-state index is 12.6. The second kappa shape index (κ2) is 5.64. The van der Waals surface area contributed by atoms with Crippen LogP contribution in [0.2, 0.25) is 0 Å². The van der Waals surface area contributed by atoms with E-state index in [0.29, 0.717) is 18.0 Å². The molecule has 19 heavy (non-hydrogen) atoms. The van der Waals surface area contributed by atoms with E-state index in [-0.39, 0.29) is 5.91 Å². The molecule has 1 N–H and O–H groups in total. The summed E-state index contributed by atoms with van der Waals surface area (Å²) in [5, 5.41) is 3.35. The summed E-state index contributed by atoms with van der Waals surface area (Å²) in [4.78, 5) is 14.5. The minimum atomic E-state index is 0.114. The maximum Gasteiger partial charge on any atom is 0.255 e. The molecule has 1 aliphatic carbocycles. The van der Waals surface area contributed by atoms with E-state index in [0.717, 1.165) is 11.3 Å². The van der Waals surface area contributed by atoms with Crippen LogP contribution in [0.15, 0.2) is 24.3 Å². The van der Waals surface area contributed by atoms with Gasteiger partial charge in [-0.15, -0.1) is 0 Å². The molecular weight excluding hydrogens is 236 g/mol. The van der Waals surface area contributed by atoms with Crippen LogP contribution in [0.4, 0.5) is 5.69 Å². The minimum Gasteiger partial charge on any atom is -0.382 e. The van der Waals surface area contributed by atoms with Gasteiger partial charge in [-0.25, -0.2) is 0 Å². The van der Waals surface area contributed by atoms with Gasteiger partial charge in [0.1, 0.15) is 0 Å². The fourth-order valence-electron chi connectivity index (χ4n) is 2.38. The van der Waals surface area contributed by atoms with Crippen LogP contribution in [0.5, 0.6) is 0 Å². The number of para-hydroxylation sites is 1. The van der Waals surface area contributed by atoms with Crippen LogP contribution >= 0.6 is 0 Å². The molecule has 0 spiro atoms. The number of carbonyl (C=O) groups is 1. The van der Waals surface area contributed by atoms with Gasteiger partial charge in [0, 0.05) is 24.8 Å². The van der Waals surface area contributed by atoms with Crippen LogP contribution in [0.1, 0.15) is 44.0 Å². The van der Waals surface area contributed by atoms with Crippen LogP contribution in [0, 0.1) is 5.92 Å². The second-order valence-corrected chi connectivity index (χ2v) is 5.84. The van der Waals surface area contributed by atoms with Crippen molar-refractivity contribution >= 4 is 11.6 Å². The summed E-state index contributed by atoms with van der Waals surface area (Å²) in [6.45, 7) is 6.31. The fourth-order valence-corrected chi connectivity index (χ4v) is 2.38. The SMILES string of the molecule is CC(C)Nc1ccccc1C(=O)N(C)C(C)C1CC1. The first-order chi connectivity index (χ1) is 9.00. The van der Waals surface area contributed by atoms with E-state index in [1.807, 2.05) is 36.2 Å². The Morgan fingerprint density at radius 3 is 2.47 bits per heavy atom. The van der Waals surface area contributed by atoms with Gasteiger partial charge in [-0.3, -0.25) is 4.79 Å². The van der Waals surface area contributed by atoms with E-state index in [1.54, 1.807) is 0 Å². The first kappa shape index (κ1) is 13.9. The molecule has 1 aromatic carbocycles. The lowest BCUT2D eigenvalue weighted by molar-refractivity contribution is 0.0728. The fraction of sp³-hybridized carbons (Fsp3) is 0.562. The van der Waals surface area contributed by atoms with Crippen molar-refractivity contribution in [2.45, 2.75) is 45.7 Å². The molecule has 0 radical (unpaired) electrons. The van der Waals surface area contributed by atoms with Gasteiger partial charge in [-0.1, -0.05) is 12.1 Å². The molecule has 0 saturated heterocycles. The van der Waals surface area contributed by atoms with Gasteiger partial charge in [-0.2, -0.15) is 0 Å². The summed E-state index contributed by atoms with van der Waals surface area (Å²) < 4.78 is 0. The van der Waals surface area contributed by atoms with Crippen LogP contribution < -0.4 is 5.32 Å². The number of nitrogens with one attached hydrogen (secondary N) is 1. The van der Waals surface area contributed by atoms with Crippen molar-refractivity contribution in [1.82, 2.24) is 4.90 Å². The lowest BCUT2D eigenvalue weighted by atomic mass is 10.1. The van der Waals surface area contributed by atoms with Gasteiger partial charge >= 0.3 is 0 Å². The number of benzene rings is 1. The monoisotopic (exact) mass is 260 g/mol. The number of hydrogen-bond donors (Lipinski definition) is 1. The Morgan fingerprint density at radius 1 is 1.26 bits per heavy atom. The number of rotatable bonds is 5. The topological polar surface area (TPSA) is 32.3 Å². The van der Waals surface area contributed by atoms with Crippen molar-refractivity contribution in [2.75, 3.05) is 12.4 Å². The van der Waals surface area contributed by atoms with Gasteiger partial charge in [0.05, 0.1) is 5.56 Å². The third kappa shape index (κ3) is 3.28. The molecule has 1 unspecified atom stereocenters. The average Bonchev–Trinajstić information content (AvgIpc) is 3.20. The highest BCUT2D eigenvalue weighted by Crippen LogP contribution is 2.35. The van der Waals surface area contributed by atoms with E-state index in [2.05, 4.69) is 26.1 Å². The Bertz CT molecular complexity index is 452. The number of amides is 1. The van der Waals surface area contributed by atoms with Crippen LogP contribution in [0.3, 0.4) is 0 Å². The zero-order valence-corrected chi connectivity index (χ0v) is 12.3. The molecule has 0 aromatic heterocycles. The van der Waals surface area contributed by atoms with Gasteiger partial charge in [0.25, 0.3) is 5.91 Å². The van der Waals surface area contributed by atoms with Crippen LogP contribution in [-0.4, -0.2) is 29.9 Å². The number of nitrogens with zero attached hydrogens (tertiary/aromatic N) is 1. The number of hydrogen-bond acceptors (Lipinski definition) is 2. The lowest BCUT2D eigenvalue weighted by Crippen LogP contribution is -2.36. The van der Waals surface area contributed by atoms with E-state index < -0.39 is 0 Å². The lowest BCUT2D eigenvalue weighted by Gasteiger charge is -2.26. The summed E-state index contributed by atoms with van der Waals surface area (Å²) in [5.41, 5.74) is 1.70. The first-order valence-corrected chi connectivity index (χ1v) is 7.13. The Balaban J connectivity index is 2.17. The Labute approximate surface area is 116 Å². The average molecular weight is 260 g/mol. The van der Waals surface area contributed by atoms with Crippen molar-refractivity contribution in [3.63, 3.8) is 0 Å². The number of carbonyl (C=O) groups excluding carboxylic acids is 1. The molecule has 3 nitrogen and oxygen atoms in total. The molecule has 0 bridgehead atoms. The summed E-state index contributed by atoms with van der Waals surface area (Å²) >= 11 is 0. The highest BCUT2D eigenvalue weighted by atomic mass is 16.2.